The predicted octanol–water partition coefficient (Wildman–Crippen LogP) is 3.17. The van der Waals surface area contributed by atoms with E-state index in [0.717, 1.165) is 11.3 Å². The molecule has 1 unspecified atom stereocenters. The zero-order chi connectivity index (χ0) is 24.3. The highest BCUT2D eigenvalue weighted by Gasteiger charge is 2.24. The Hall–Kier alpha value is -2.67. The second kappa shape index (κ2) is 10.3. The van der Waals surface area contributed by atoms with E-state index in [0.29, 0.717) is 29.6 Å². The minimum Gasteiger partial charge on any atom is -0.486 e. The summed E-state index contributed by atoms with van der Waals surface area (Å²) >= 11 is 1.56. The Labute approximate surface area is 200 Å². The van der Waals surface area contributed by atoms with Crippen molar-refractivity contribution in [2.24, 2.45) is 4.99 Å². The number of methoxy groups -OCH3 is 1. The summed E-state index contributed by atoms with van der Waals surface area (Å²) in [6.07, 6.45) is 2.91. The van der Waals surface area contributed by atoms with Gasteiger partial charge in [-0.1, -0.05) is 11.8 Å². The van der Waals surface area contributed by atoms with Gasteiger partial charge >= 0.3 is 0 Å². The van der Waals surface area contributed by atoms with Gasteiger partial charge in [0, 0.05) is 30.6 Å². The lowest BCUT2D eigenvalue weighted by Gasteiger charge is -2.12. The first-order valence-electron chi connectivity index (χ1n) is 10.4. The highest BCUT2D eigenvalue weighted by Crippen LogP contribution is 2.39. The molecule has 4 rings (SSSR count). The van der Waals surface area contributed by atoms with Crippen LogP contribution in [0, 0.1) is 5.82 Å². The molecule has 9 nitrogen and oxygen atoms in total. The number of thioether (sulfide) groups is 1. The minimum absolute atomic E-state index is 0.0213. The van der Waals surface area contributed by atoms with Crippen LogP contribution in [-0.2, 0) is 14.6 Å². The average Bonchev–Trinajstić information content (AvgIpc) is 3.43. The molecule has 0 fully saturated rings. The summed E-state index contributed by atoms with van der Waals surface area (Å²) < 4.78 is 55.1. The van der Waals surface area contributed by atoms with E-state index in [1.165, 1.54) is 31.5 Å². The van der Waals surface area contributed by atoms with E-state index in [1.807, 2.05) is 6.07 Å². The van der Waals surface area contributed by atoms with Crippen molar-refractivity contribution in [2.45, 2.75) is 16.7 Å². The zero-order valence-corrected chi connectivity index (χ0v) is 20.2. The standard InChI is InChI=1S/C22H24FN3O6S2/c1-30-7-8-31-21-19(23)17(32-14-3-4-18(24-11-14)34(2,28)29)10-13-9-16(26-20(13)21)22-25-12-15(33-22)5-6-27/h3-4,9-11,15,26-27H,5-8,12H2,1-2H3. The fourth-order valence-corrected chi connectivity index (χ4v) is 5.02. The number of nitrogens with zero attached hydrogens (tertiary/aromatic N) is 2. The van der Waals surface area contributed by atoms with Crippen molar-refractivity contribution in [1.29, 1.82) is 0 Å². The molecule has 1 aliphatic rings. The average molecular weight is 510 g/mol. The Bertz CT molecular complexity index is 1310. The Morgan fingerprint density at radius 3 is 2.79 bits per heavy atom. The SMILES string of the molecule is COCCOc1c(F)c(Oc2ccc(S(C)(=O)=O)nc2)cc2cc(C3=NCC(CCO)S3)[nH]c12. The van der Waals surface area contributed by atoms with Crippen molar-refractivity contribution in [2.75, 3.05) is 39.7 Å². The van der Waals surface area contributed by atoms with E-state index in [-0.39, 0.29) is 47.3 Å². The monoisotopic (exact) mass is 509 g/mol. The molecule has 0 spiro atoms. The third-order valence-electron chi connectivity index (χ3n) is 5.03. The topological polar surface area (TPSA) is 123 Å². The summed E-state index contributed by atoms with van der Waals surface area (Å²) in [5.41, 5.74) is 1.17. The Morgan fingerprint density at radius 2 is 2.12 bits per heavy atom. The van der Waals surface area contributed by atoms with Gasteiger partial charge in [-0.05, 0) is 30.7 Å². The smallest absolute Gasteiger partial charge is 0.209 e. The van der Waals surface area contributed by atoms with Gasteiger partial charge in [-0.25, -0.2) is 13.4 Å². The molecule has 0 bridgehead atoms. The summed E-state index contributed by atoms with van der Waals surface area (Å²) in [5.74, 6) is -0.666. The van der Waals surface area contributed by atoms with Crippen molar-refractivity contribution in [3.05, 3.63) is 42.0 Å². The number of ether oxygens (including phenoxy) is 3. The number of halogens is 1. The number of hydrogen-bond donors (Lipinski definition) is 2. The number of benzene rings is 1. The number of fused-ring (bicyclic) bond motifs is 1. The molecule has 12 heteroatoms. The van der Waals surface area contributed by atoms with E-state index >= 15 is 4.39 Å². The van der Waals surface area contributed by atoms with Gasteiger partial charge < -0.3 is 24.3 Å². The van der Waals surface area contributed by atoms with Crippen LogP contribution < -0.4 is 9.47 Å². The third-order valence-corrected chi connectivity index (χ3v) is 7.32. The first-order valence-corrected chi connectivity index (χ1v) is 13.2. The molecule has 0 aliphatic carbocycles. The molecule has 182 valence electrons. The summed E-state index contributed by atoms with van der Waals surface area (Å²) in [7, 11) is -1.95. The van der Waals surface area contributed by atoms with Gasteiger partial charge in [-0.2, -0.15) is 4.39 Å². The normalized spacial score (nSPS) is 16.1. The molecule has 3 aromatic rings. The van der Waals surface area contributed by atoms with Gasteiger partial charge in [0.1, 0.15) is 17.4 Å². The summed E-state index contributed by atoms with van der Waals surface area (Å²) in [4.78, 5) is 11.6. The number of pyridine rings is 1. The lowest BCUT2D eigenvalue weighted by atomic mass is 10.2. The lowest BCUT2D eigenvalue weighted by molar-refractivity contribution is 0.144. The van der Waals surface area contributed by atoms with Gasteiger partial charge in [0.2, 0.25) is 5.82 Å². The Kier molecular flexibility index (Phi) is 7.41. The van der Waals surface area contributed by atoms with Gasteiger partial charge in [0.15, 0.2) is 26.4 Å². The number of H-pyrrole nitrogens is 1. The van der Waals surface area contributed by atoms with Crippen molar-refractivity contribution < 1.29 is 32.1 Å². The van der Waals surface area contributed by atoms with Gasteiger partial charge in [0.05, 0.1) is 30.6 Å². The van der Waals surface area contributed by atoms with E-state index in [4.69, 9.17) is 14.2 Å². The maximum Gasteiger partial charge on any atom is 0.209 e. The molecule has 0 radical (unpaired) electrons. The largest absolute Gasteiger partial charge is 0.486 e. The maximum absolute atomic E-state index is 15.4. The van der Waals surface area contributed by atoms with E-state index in [1.54, 1.807) is 11.8 Å². The second-order valence-electron chi connectivity index (χ2n) is 7.61. The van der Waals surface area contributed by atoms with E-state index < -0.39 is 15.7 Å². The Morgan fingerprint density at radius 1 is 1.29 bits per heavy atom. The predicted molar refractivity (Wildman–Crippen MR) is 128 cm³/mol. The van der Waals surface area contributed by atoms with Crippen LogP contribution in [0.2, 0.25) is 0 Å². The van der Waals surface area contributed by atoms with Gasteiger partial charge in [0.25, 0.3) is 0 Å². The van der Waals surface area contributed by atoms with E-state index in [9.17, 15) is 13.5 Å². The van der Waals surface area contributed by atoms with Crippen LogP contribution in [0.4, 0.5) is 4.39 Å². The highest BCUT2D eigenvalue weighted by atomic mass is 32.2. The third kappa shape index (κ3) is 5.35. The zero-order valence-electron chi connectivity index (χ0n) is 18.6. The lowest BCUT2D eigenvalue weighted by Crippen LogP contribution is -2.07. The highest BCUT2D eigenvalue weighted by molar-refractivity contribution is 8.15. The maximum atomic E-state index is 15.4. The van der Waals surface area contributed by atoms with Crippen LogP contribution in [0.25, 0.3) is 10.9 Å². The first-order chi connectivity index (χ1) is 16.3. The minimum atomic E-state index is -3.47. The quantitative estimate of drug-likeness (QED) is 0.400. The number of aliphatic imine (C=N–C) groups is 1. The molecule has 1 aliphatic heterocycles. The van der Waals surface area contributed by atoms with Crippen LogP contribution in [0.1, 0.15) is 12.1 Å². The fourth-order valence-electron chi connectivity index (χ4n) is 3.38. The number of aliphatic hydroxyl groups excluding tert-OH is 1. The summed E-state index contributed by atoms with van der Waals surface area (Å²) in [6.45, 7) is 1.09. The molecule has 34 heavy (non-hydrogen) atoms. The van der Waals surface area contributed by atoms with Crippen molar-refractivity contribution in [3.8, 4) is 17.2 Å². The molecule has 2 N–H and O–H groups in total. The van der Waals surface area contributed by atoms with Crippen molar-refractivity contribution in [3.63, 3.8) is 0 Å². The molecule has 2 aromatic heterocycles. The number of aromatic amines is 1. The molecular weight excluding hydrogens is 485 g/mol. The summed E-state index contributed by atoms with van der Waals surface area (Å²) in [6, 6.07) is 6.07. The fraction of sp³-hybridized carbons (Fsp3) is 0.364. The van der Waals surface area contributed by atoms with Crippen LogP contribution in [0.5, 0.6) is 17.2 Å². The second-order valence-corrected chi connectivity index (χ2v) is 10.9. The number of sulfone groups is 1. The van der Waals surface area contributed by atoms with Crippen LogP contribution >= 0.6 is 11.8 Å². The molecule has 1 atom stereocenters. The van der Waals surface area contributed by atoms with Crippen molar-refractivity contribution in [1.82, 2.24) is 9.97 Å². The van der Waals surface area contributed by atoms with Gasteiger partial charge in [-0.3, -0.25) is 4.99 Å². The summed E-state index contributed by atoms with van der Waals surface area (Å²) in [5, 5.41) is 10.7. The number of nitrogens with one attached hydrogen (secondary N) is 1. The molecule has 0 amide bonds. The number of hydrogen-bond acceptors (Lipinski definition) is 9. The molecular formula is C22H24FN3O6S2. The van der Waals surface area contributed by atoms with Gasteiger partial charge in [-0.15, -0.1) is 0 Å². The van der Waals surface area contributed by atoms with Crippen LogP contribution in [0.15, 0.2) is 40.5 Å². The van der Waals surface area contributed by atoms with Crippen LogP contribution in [-0.4, -0.2) is 73.5 Å². The van der Waals surface area contributed by atoms with E-state index in [2.05, 4.69) is 15.0 Å². The van der Waals surface area contributed by atoms with Crippen molar-refractivity contribution >= 4 is 37.5 Å². The molecule has 0 saturated carbocycles. The Balaban J connectivity index is 1.68. The number of aliphatic hydroxyl groups is 1. The number of rotatable bonds is 10. The molecule has 0 saturated heterocycles. The van der Waals surface area contributed by atoms with Crippen LogP contribution in [0.3, 0.4) is 0 Å². The molecule has 1 aromatic carbocycles. The number of aromatic nitrogens is 2. The first kappa shape index (κ1) is 24.5. The molecule has 3 heterocycles.